The number of aliphatic hydroxyl groups excluding tert-OH is 1. The monoisotopic (exact) mass is 361 g/mol. The number of aliphatic carboxylic acids is 1. The molecule has 0 aromatic carbocycles. The lowest BCUT2D eigenvalue weighted by molar-refractivity contribution is -0.688. The van der Waals surface area contributed by atoms with E-state index in [1.807, 2.05) is 39.8 Å². The number of aromatic nitrogens is 2. The third-order valence-corrected chi connectivity index (χ3v) is 5.95. The molecule has 4 rings (SSSR count). The Labute approximate surface area is 147 Å². The Morgan fingerprint density at radius 1 is 1.44 bits per heavy atom. The molecule has 2 aromatic heterocycles. The largest absolute Gasteiger partial charge is 0.477 e. The molecule has 2 atom stereocenters. The van der Waals surface area contributed by atoms with E-state index in [1.54, 1.807) is 0 Å². The van der Waals surface area contributed by atoms with Crippen molar-refractivity contribution in [2.24, 2.45) is 5.73 Å². The molecular formula is C16H17N4O4S+. The Kier molecular flexibility index (Phi) is 3.78. The van der Waals surface area contributed by atoms with Gasteiger partial charge < -0.3 is 20.3 Å². The summed E-state index contributed by atoms with van der Waals surface area (Å²) in [6, 6.07) is 1.21. The highest BCUT2D eigenvalue weighted by atomic mass is 32.2. The maximum atomic E-state index is 12.0. The summed E-state index contributed by atoms with van der Waals surface area (Å²) in [5.41, 5.74) is 8.12. The molecule has 1 unspecified atom stereocenters. The van der Waals surface area contributed by atoms with Crippen LogP contribution in [0.15, 0.2) is 42.1 Å². The third kappa shape index (κ3) is 2.43. The summed E-state index contributed by atoms with van der Waals surface area (Å²) in [7, 11) is 0. The Bertz CT molecular complexity index is 922. The van der Waals surface area contributed by atoms with Crippen LogP contribution < -0.4 is 10.3 Å². The fourth-order valence-electron chi connectivity index (χ4n) is 3.29. The van der Waals surface area contributed by atoms with Crippen molar-refractivity contribution >= 4 is 29.2 Å². The maximum absolute atomic E-state index is 12.0. The van der Waals surface area contributed by atoms with E-state index in [9.17, 15) is 19.8 Å². The van der Waals surface area contributed by atoms with Gasteiger partial charge >= 0.3 is 5.97 Å². The fourth-order valence-corrected chi connectivity index (χ4v) is 4.57. The molecule has 0 radical (unpaired) electrons. The van der Waals surface area contributed by atoms with Gasteiger partial charge in [0, 0.05) is 23.1 Å². The molecule has 4 N–H and O–H groups in total. The highest BCUT2D eigenvalue weighted by Gasteiger charge is 2.52. The number of rotatable bonds is 4. The number of nitrogens with two attached hydrogens (primary N) is 1. The van der Waals surface area contributed by atoms with Gasteiger partial charge in [0.1, 0.15) is 22.6 Å². The Hall–Kier alpha value is -2.36. The minimum absolute atomic E-state index is 0.0422. The van der Waals surface area contributed by atoms with Crippen molar-refractivity contribution in [3.05, 3.63) is 47.7 Å². The van der Waals surface area contributed by atoms with E-state index < -0.39 is 12.0 Å². The van der Waals surface area contributed by atoms with E-state index in [0.717, 1.165) is 11.1 Å². The van der Waals surface area contributed by atoms with Gasteiger partial charge in [0.15, 0.2) is 18.9 Å². The Morgan fingerprint density at radius 2 is 2.24 bits per heavy atom. The van der Waals surface area contributed by atoms with Crippen molar-refractivity contribution < 1.29 is 24.4 Å². The molecule has 8 nitrogen and oxygen atoms in total. The van der Waals surface area contributed by atoms with Crippen molar-refractivity contribution in [1.29, 1.82) is 0 Å². The van der Waals surface area contributed by atoms with Gasteiger partial charge in [-0.1, -0.05) is 0 Å². The fraction of sp³-hybridized carbons (Fsp3) is 0.312. The van der Waals surface area contributed by atoms with Crippen LogP contribution in [0.25, 0.3) is 5.52 Å². The van der Waals surface area contributed by atoms with Gasteiger partial charge in [-0.3, -0.25) is 9.69 Å². The van der Waals surface area contributed by atoms with E-state index in [2.05, 4.69) is 0 Å². The second kappa shape index (κ2) is 5.87. The van der Waals surface area contributed by atoms with Gasteiger partial charge in [0.2, 0.25) is 5.91 Å². The van der Waals surface area contributed by atoms with Crippen molar-refractivity contribution in [2.75, 3.05) is 5.75 Å². The predicted molar refractivity (Wildman–Crippen MR) is 89.2 cm³/mol. The predicted octanol–water partition coefficient (Wildman–Crippen LogP) is -0.700. The van der Waals surface area contributed by atoms with Crippen LogP contribution >= 0.6 is 11.8 Å². The van der Waals surface area contributed by atoms with Gasteiger partial charge in [0.05, 0.1) is 12.8 Å². The van der Waals surface area contributed by atoms with Gasteiger partial charge in [-0.25, -0.2) is 4.79 Å². The van der Waals surface area contributed by atoms with Crippen LogP contribution in [0.3, 0.4) is 0 Å². The lowest BCUT2D eigenvalue weighted by Gasteiger charge is -2.47. The molecule has 9 heteroatoms. The van der Waals surface area contributed by atoms with Crippen LogP contribution in [-0.2, 0) is 22.7 Å². The number of aliphatic hydroxyl groups is 1. The number of thioether (sulfide) groups is 1. The number of carbonyl (C=O) groups is 2. The van der Waals surface area contributed by atoms with Gasteiger partial charge in [-0.05, 0) is 6.07 Å². The second-order valence-electron chi connectivity index (χ2n) is 6.08. The van der Waals surface area contributed by atoms with Gasteiger partial charge in [-0.2, -0.15) is 4.57 Å². The highest BCUT2D eigenvalue weighted by molar-refractivity contribution is 8.00. The van der Waals surface area contributed by atoms with Crippen LogP contribution in [0.4, 0.5) is 0 Å². The smallest absolute Gasteiger partial charge is 0.352 e. The zero-order valence-electron chi connectivity index (χ0n) is 13.2. The molecule has 2 aliphatic heterocycles. The minimum Gasteiger partial charge on any atom is -0.477 e. The van der Waals surface area contributed by atoms with Gasteiger partial charge in [-0.15, -0.1) is 11.8 Å². The molecule has 1 fully saturated rings. The molecule has 1 saturated heterocycles. The highest BCUT2D eigenvalue weighted by Crippen LogP contribution is 2.39. The van der Waals surface area contributed by atoms with Crippen LogP contribution in [0, 0.1) is 0 Å². The first kappa shape index (κ1) is 16.1. The van der Waals surface area contributed by atoms with Crippen LogP contribution in [0.2, 0.25) is 0 Å². The minimum atomic E-state index is -1.11. The number of amides is 1. The maximum Gasteiger partial charge on any atom is 0.352 e. The first-order chi connectivity index (χ1) is 12.0. The SMILES string of the molecule is NC1C(=O)N2C(C(=O)O)=C(C[n+]3ccn4ccc(CO)c4c3)CS[C@@H]12. The van der Waals surface area contributed by atoms with E-state index in [4.69, 9.17) is 5.73 Å². The summed E-state index contributed by atoms with van der Waals surface area (Å²) in [5.74, 6) is -0.946. The summed E-state index contributed by atoms with van der Waals surface area (Å²) in [6.45, 7) is 0.286. The Morgan fingerprint density at radius 3 is 2.96 bits per heavy atom. The van der Waals surface area contributed by atoms with E-state index in [-0.39, 0.29) is 23.6 Å². The number of carboxylic acids is 1. The number of β-lactam (4-membered cyclic amide) rings is 1. The molecule has 0 saturated carbocycles. The quantitative estimate of drug-likeness (QED) is 0.490. The van der Waals surface area contributed by atoms with Crippen LogP contribution in [-0.4, -0.2) is 48.6 Å². The average molecular weight is 361 g/mol. The average Bonchev–Trinajstić information content (AvgIpc) is 3.02. The van der Waals surface area contributed by atoms with Crippen molar-refractivity contribution in [1.82, 2.24) is 9.30 Å². The standard InChI is InChI=1S/C16H16N4O4S/c17-12-14(22)20-13(16(23)24)10(8-25-15(12)20)5-18-3-4-19-2-1-9(7-21)11(19)6-18/h1-4,6,12,15,21H,5,7-8,17H2/p+1/t12?,15-/m0/s1. The molecule has 0 spiro atoms. The molecule has 25 heavy (non-hydrogen) atoms. The summed E-state index contributed by atoms with van der Waals surface area (Å²) in [6.07, 6.45) is 7.40. The van der Waals surface area contributed by atoms with Crippen LogP contribution in [0.1, 0.15) is 5.56 Å². The molecule has 2 aromatic rings. The molecule has 0 bridgehead atoms. The second-order valence-corrected chi connectivity index (χ2v) is 7.19. The summed E-state index contributed by atoms with van der Waals surface area (Å²) in [5, 5.41) is 18.7. The number of carboxylic acid groups (broad SMARTS) is 1. The molecular weight excluding hydrogens is 344 g/mol. The number of fused-ring (bicyclic) bond motifs is 2. The van der Waals surface area contributed by atoms with Crippen molar-refractivity contribution in [3.63, 3.8) is 0 Å². The van der Waals surface area contributed by atoms with E-state index in [0.29, 0.717) is 17.9 Å². The molecule has 4 heterocycles. The molecule has 1 amide bonds. The summed E-state index contributed by atoms with van der Waals surface area (Å²) < 4.78 is 3.75. The first-order valence-corrected chi connectivity index (χ1v) is 8.81. The summed E-state index contributed by atoms with van der Waals surface area (Å²) >= 11 is 1.49. The van der Waals surface area contributed by atoms with Crippen LogP contribution in [0.5, 0.6) is 0 Å². The number of nitrogens with zero attached hydrogens (tertiary/aromatic N) is 3. The normalized spacial score (nSPS) is 23.0. The van der Waals surface area contributed by atoms with Gasteiger partial charge in [0.25, 0.3) is 0 Å². The third-order valence-electron chi connectivity index (χ3n) is 4.59. The number of hydrogen-bond donors (Lipinski definition) is 3. The lowest BCUT2D eigenvalue weighted by atomic mass is 10.0. The lowest BCUT2D eigenvalue weighted by Crippen LogP contribution is -2.68. The van der Waals surface area contributed by atoms with Crippen molar-refractivity contribution in [2.45, 2.75) is 24.6 Å². The van der Waals surface area contributed by atoms with E-state index in [1.165, 1.54) is 16.7 Å². The first-order valence-electron chi connectivity index (χ1n) is 7.76. The molecule has 0 aliphatic carbocycles. The topological polar surface area (TPSA) is 112 Å². The van der Waals surface area contributed by atoms with E-state index >= 15 is 0 Å². The van der Waals surface area contributed by atoms with Crippen molar-refractivity contribution in [3.8, 4) is 0 Å². The summed E-state index contributed by atoms with van der Waals surface area (Å²) in [4.78, 5) is 25.0. The molecule has 130 valence electrons. The zero-order chi connectivity index (χ0) is 17.7. The number of hydrogen-bond acceptors (Lipinski definition) is 5. The molecule has 2 aliphatic rings. The Balaban J connectivity index is 1.71. The number of carbonyl (C=O) groups excluding carboxylic acids is 1. The zero-order valence-corrected chi connectivity index (χ0v) is 14.0.